The van der Waals surface area contributed by atoms with Crippen molar-refractivity contribution in [1.82, 2.24) is 4.98 Å². The highest BCUT2D eigenvalue weighted by Crippen LogP contribution is 2.15. The van der Waals surface area contributed by atoms with E-state index in [-0.39, 0.29) is 17.0 Å². The number of hydrogen-bond acceptors (Lipinski definition) is 3. The highest BCUT2D eigenvalue weighted by atomic mass is 16.2. The molecule has 2 aromatic carbocycles. The van der Waals surface area contributed by atoms with E-state index in [4.69, 9.17) is 0 Å². The molecule has 0 atom stereocenters. The number of benzene rings is 2. The van der Waals surface area contributed by atoms with Gasteiger partial charge >= 0.3 is 0 Å². The van der Waals surface area contributed by atoms with E-state index in [2.05, 4.69) is 10.3 Å². The average molecular weight is 302 g/mol. The van der Waals surface area contributed by atoms with E-state index in [0.717, 1.165) is 0 Å². The lowest BCUT2D eigenvalue weighted by Crippen LogP contribution is -2.18. The van der Waals surface area contributed by atoms with Gasteiger partial charge in [0.1, 0.15) is 5.69 Å². The second-order valence-electron chi connectivity index (χ2n) is 4.91. The maximum Gasteiger partial charge on any atom is 0.275 e. The standard InChI is InChI=1S/C19H14N2O2/c22-18(14-8-3-1-4-9-14)16-12-7-13-20-17(16)19(23)21-15-10-5-2-6-11-15/h1-13H,(H,21,23). The second-order valence-corrected chi connectivity index (χ2v) is 4.91. The number of anilines is 1. The maximum atomic E-state index is 12.6. The first kappa shape index (κ1) is 14.7. The minimum atomic E-state index is -0.406. The molecule has 3 rings (SSSR count). The summed E-state index contributed by atoms with van der Waals surface area (Å²) in [5.41, 5.74) is 1.58. The Morgan fingerprint density at radius 3 is 2.13 bits per heavy atom. The minimum Gasteiger partial charge on any atom is -0.321 e. The number of para-hydroxylation sites is 1. The van der Waals surface area contributed by atoms with Gasteiger partial charge in [-0.15, -0.1) is 0 Å². The molecule has 4 nitrogen and oxygen atoms in total. The van der Waals surface area contributed by atoms with Gasteiger partial charge in [0.25, 0.3) is 5.91 Å². The number of pyridine rings is 1. The molecule has 0 bridgehead atoms. The van der Waals surface area contributed by atoms with Gasteiger partial charge in [0, 0.05) is 17.4 Å². The molecule has 0 radical (unpaired) electrons. The second kappa shape index (κ2) is 6.66. The van der Waals surface area contributed by atoms with Crippen molar-refractivity contribution >= 4 is 17.4 Å². The molecule has 112 valence electrons. The van der Waals surface area contributed by atoms with Crippen LogP contribution in [0.15, 0.2) is 79.0 Å². The largest absolute Gasteiger partial charge is 0.321 e. The summed E-state index contributed by atoms with van der Waals surface area (Å²) < 4.78 is 0. The van der Waals surface area contributed by atoms with Crippen LogP contribution < -0.4 is 5.32 Å². The molecule has 23 heavy (non-hydrogen) atoms. The van der Waals surface area contributed by atoms with E-state index < -0.39 is 5.91 Å². The summed E-state index contributed by atoms with van der Waals surface area (Å²) in [6, 6.07) is 21.2. The van der Waals surface area contributed by atoms with Crippen LogP contribution in [0.25, 0.3) is 0 Å². The van der Waals surface area contributed by atoms with Gasteiger partial charge in [-0.3, -0.25) is 14.6 Å². The molecule has 0 saturated heterocycles. The number of nitrogens with zero attached hydrogens (tertiary/aromatic N) is 1. The van der Waals surface area contributed by atoms with Crippen molar-refractivity contribution in [3.63, 3.8) is 0 Å². The minimum absolute atomic E-state index is 0.116. The zero-order valence-electron chi connectivity index (χ0n) is 12.3. The molecular formula is C19H14N2O2. The van der Waals surface area contributed by atoms with Crippen molar-refractivity contribution in [3.05, 3.63) is 95.8 Å². The third kappa shape index (κ3) is 3.32. The van der Waals surface area contributed by atoms with Gasteiger partial charge in [-0.1, -0.05) is 48.5 Å². The molecular weight excluding hydrogens is 288 g/mol. The number of hydrogen-bond donors (Lipinski definition) is 1. The third-order valence-corrected chi connectivity index (χ3v) is 3.34. The molecule has 0 spiro atoms. The van der Waals surface area contributed by atoms with Crippen molar-refractivity contribution in [2.24, 2.45) is 0 Å². The van der Waals surface area contributed by atoms with Crippen LogP contribution in [0.4, 0.5) is 5.69 Å². The van der Waals surface area contributed by atoms with Gasteiger partial charge in [-0.05, 0) is 24.3 Å². The molecule has 4 heteroatoms. The Kier molecular flexibility index (Phi) is 4.25. The molecule has 0 aliphatic carbocycles. The summed E-state index contributed by atoms with van der Waals surface area (Å²) in [7, 11) is 0. The Balaban J connectivity index is 1.92. The molecule has 0 fully saturated rings. The fourth-order valence-corrected chi connectivity index (χ4v) is 2.23. The van der Waals surface area contributed by atoms with Crippen LogP contribution >= 0.6 is 0 Å². The number of aromatic nitrogens is 1. The van der Waals surface area contributed by atoms with Crippen molar-refractivity contribution in [1.29, 1.82) is 0 Å². The van der Waals surface area contributed by atoms with Gasteiger partial charge < -0.3 is 5.32 Å². The van der Waals surface area contributed by atoms with Gasteiger partial charge in [-0.2, -0.15) is 0 Å². The zero-order chi connectivity index (χ0) is 16.1. The Morgan fingerprint density at radius 2 is 1.43 bits per heavy atom. The zero-order valence-corrected chi connectivity index (χ0v) is 12.3. The first-order valence-corrected chi connectivity index (χ1v) is 7.17. The predicted octanol–water partition coefficient (Wildman–Crippen LogP) is 3.56. The predicted molar refractivity (Wildman–Crippen MR) is 88.5 cm³/mol. The van der Waals surface area contributed by atoms with E-state index in [1.54, 1.807) is 48.5 Å². The van der Waals surface area contributed by atoms with Crippen molar-refractivity contribution in [2.45, 2.75) is 0 Å². The Labute approximate surface area is 133 Å². The fourth-order valence-electron chi connectivity index (χ4n) is 2.23. The van der Waals surface area contributed by atoms with Crippen molar-refractivity contribution < 1.29 is 9.59 Å². The number of carbonyl (C=O) groups excluding carboxylic acids is 2. The van der Waals surface area contributed by atoms with Crippen LogP contribution in [0.2, 0.25) is 0 Å². The normalized spacial score (nSPS) is 10.1. The molecule has 1 N–H and O–H groups in total. The van der Waals surface area contributed by atoms with E-state index in [0.29, 0.717) is 11.3 Å². The summed E-state index contributed by atoms with van der Waals surface area (Å²) in [5.74, 6) is -0.631. The Morgan fingerprint density at radius 1 is 0.783 bits per heavy atom. The smallest absolute Gasteiger partial charge is 0.275 e. The maximum absolute atomic E-state index is 12.6. The van der Waals surface area contributed by atoms with Gasteiger partial charge in [-0.25, -0.2) is 0 Å². The molecule has 1 amide bonds. The van der Waals surface area contributed by atoms with Crippen molar-refractivity contribution in [2.75, 3.05) is 5.32 Å². The molecule has 3 aromatic rings. The van der Waals surface area contributed by atoms with E-state index in [1.165, 1.54) is 6.20 Å². The number of carbonyl (C=O) groups is 2. The van der Waals surface area contributed by atoms with E-state index in [9.17, 15) is 9.59 Å². The summed E-state index contributed by atoms with van der Waals surface area (Å²) in [6.07, 6.45) is 1.50. The van der Waals surface area contributed by atoms with Crippen molar-refractivity contribution in [3.8, 4) is 0 Å². The molecule has 0 aliphatic heterocycles. The van der Waals surface area contributed by atoms with Crippen LogP contribution in [0.1, 0.15) is 26.4 Å². The molecule has 0 saturated carbocycles. The van der Waals surface area contributed by atoms with E-state index >= 15 is 0 Å². The monoisotopic (exact) mass is 302 g/mol. The number of rotatable bonds is 4. The Hall–Kier alpha value is -3.27. The Bertz CT molecular complexity index is 830. The van der Waals surface area contributed by atoms with Crippen LogP contribution in [-0.4, -0.2) is 16.7 Å². The number of amides is 1. The molecule has 1 heterocycles. The van der Waals surface area contributed by atoms with Crippen LogP contribution in [0.5, 0.6) is 0 Å². The highest BCUT2D eigenvalue weighted by molar-refractivity contribution is 6.16. The summed E-state index contributed by atoms with van der Waals surface area (Å²) in [5, 5.41) is 2.75. The lowest BCUT2D eigenvalue weighted by molar-refractivity contribution is 0.0992. The topological polar surface area (TPSA) is 59.1 Å². The molecule has 0 aliphatic rings. The summed E-state index contributed by atoms with van der Waals surface area (Å²) in [6.45, 7) is 0. The molecule has 0 unspecified atom stereocenters. The first-order valence-electron chi connectivity index (χ1n) is 7.17. The molecule has 1 aromatic heterocycles. The van der Waals surface area contributed by atoms with E-state index in [1.807, 2.05) is 24.3 Å². The van der Waals surface area contributed by atoms with Gasteiger partial charge in [0.2, 0.25) is 0 Å². The van der Waals surface area contributed by atoms with Crippen LogP contribution in [-0.2, 0) is 0 Å². The quantitative estimate of drug-likeness (QED) is 0.750. The number of nitrogens with one attached hydrogen (secondary N) is 1. The van der Waals surface area contributed by atoms with Crippen LogP contribution in [0.3, 0.4) is 0 Å². The lowest BCUT2D eigenvalue weighted by atomic mass is 10.0. The van der Waals surface area contributed by atoms with Gasteiger partial charge in [0.05, 0.1) is 5.56 Å². The lowest BCUT2D eigenvalue weighted by Gasteiger charge is -2.08. The number of ketones is 1. The van der Waals surface area contributed by atoms with Gasteiger partial charge in [0.15, 0.2) is 5.78 Å². The summed E-state index contributed by atoms with van der Waals surface area (Å²) >= 11 is 0. The fraction of sp³-hybridized carbons (Fsp3) is 0. The van der Waals surface area contributed by atoms with Crippen LogP contribution in [0, 0.1) is 0 Å². The first-order chi connectivity index (χ1) is 11.3. The SMILES string of the molecule is O=C(c1ccccc1)c1cccnc1C(=O)Nc1ccccc1. The highest BCUT2D eigenvalue weighted by Gasteiger charge is 2.19. The third-order valence-electron chi connectivity index (χ3n) is 3.34. The average Bonchev–Trinajstić information content (AvgIpc) is 2.62. The summed E-state index contributed by atoms with van der Waals surface area (Å²) in [4.78, 5) is 29.1.